The molecule has 0 aliphatic rings. The Morgan fingerprint density at radius 2 is 2.00 bits per heavy atom. The first-order valence-corrected chi connectivity index (χ1v) is 7.84. The third-order valence-electron chi connectivity index (χ3n) is 3.54. The molecule has 0 fully saturated rings. The molecule has 0 amide bonds. The van der Waals surface area contributed by atoms with Gasteiger partial charge in [0, 0.05) is 36.3 Å². The Balaban J connectivity index is 2.03. The van der Waals surface area contributed by atoms with Crippen LogP contribution in [0.25, 0.3) is 5.95 Å². The predicted octanol–water partition coefficient (Wildman–Crippen LogP) is 1.98. The maximum Gasteiger partial charge on any atom is 0.357 e. The number of carbonyl (C=O) groups is 2. The van der Waals surface area contributed by atoms with Gasteiger partial charge in [-0.2, -0.15) is 5.10 Å². The molecule has 0 bridgehead atoms. The van der Waals surface area contributed by atoms with Gasteiger partial charge in [0.25, 0.3) is 11.6 Å². The van der Waals surface area contributed by atoms with Crippen molar-refractivity contribution < 1.29 is 19.2 Å². The van der Waals surface area contributed by atoms with E-state index in [-0.39, 0.29) is 35.1 Å². The average Bonchev–Trinajstić information content (AvgIpc) is 3.22. The molecule has 0 atom stereocenters. The fraction of sp³-hybridized carbons (Fsp3) is 0.118. The van der Waals surface area contributed by atoms with Crippen molar-refractivity contribution >= 4 is 17.4 Å². The third kappa shape index (κ3) is 3.68. The first-order valence-electron chi connectivity index (χ1n) is 7.84. The van der Waals surface area contributed by atoms with Crippen LogP contribution in [-0.4, -0.2) is 43.0 Å². The van der Waals surface area contributed by atoms with E-state index in [1.807, 2.05) is 0 Å². The van der Waals surface area contributed by atoms with Crippen LogP contribution in [0.3, 0.4) is 0 Å². The minimum Gasteiger partial charge on any atom is -0.461 e. The molecule has 0 spiro atoms. The van der Waals surface area contributed by atoms with Gasteiger partial charge in [-0.1, -0.05) is 0 Å². The average molecular weight is 367 g/mol. The lowest BCUT2D eigenvalue weighted by Crippen LogP contribution is -2.18. The van der Waals surface area contributed by atoms with E-state index in [1.165, 1.54) is 41.3 Å². The summed E-state index contributed by atoms with van der Waals surface area (Å²) in [5.74, 6) is -1.23. The monoisotopic (exact) mass is 367 g/mol. The van der Waals surface area contributed by atoms with Gasteiger partial charge in [0.05, 0.1) is 17.1 Å². The lowest BCUT2D eigenvalue weighted by Gasteiger charge is -2.09. The highest BCUT2D eigenvalue weighted by atomic mass is 16.6. The highest BCUT2D eigenvalue weighted by Crippen LogP contribution is 2.18. The molecule has 2 aromatic heterocycles. The van der Waals surface area contributed by atoms with E-state index in [4.69, 9.17) is 4.74 Å². The van der Waals surface area contributed by atoms with Gasteiger partial charge in [-0.05, 0) is 25.1 Å². The number of esters is 1. The molecular formula is C17H13N5O5. The molecule has 10 nitrogen and oxygen atoms in total. The topological polar surface area (TPSA) is 130 Å². The Morgan fingerprint density at radius 1 is 1.26 bits per heavy atom. The Morgan fingerprint density at radius 3 is 2.59 bits per heavy atom. The van der Waals surface area contributed by atoms with Crippen molar-refractivity contribution in [1.29, 1.82) is 0 Å². The van der Waals surface area contributed by atoms with E-state index in [1.54, 1.807) is 19.2 Å². The highest BCUT2D eigenvalue weighted by molar-refractivity contribution is 6.13. The number of nitro benzene ring substituents is 1. The molecule has 0 N–H and O–H groups in total. The van der Waals surface area contributed by atoms with E-state index in [0.29, 0.717) is 0 Å². The fourth-order valence-corrected chi connectivity index (χ4v) is 2.28. The van der Waals surface area contributed by atoms with Gasteiger partial charge < -0.3 is 4.74 Å². The summed E-state index contributed by atoms with van der Waals surface area (Å²) in [4.78, 5) is 43.4. The van der Waals surface area contributed by atoms with Crippen LogP contribution in [0, 0.1) is 10.1 Å². The zero-order valence-electron chi connectivity index (χ0n) is 14.1. The molecule has 3 aromatic rings. The maximum atomic E-state index is 12.8. The molecule has 0 saturated carbocycles. The number of carbonyl (C=O) groups excluding carboxylic acids is 2. The van der Waals surface area contributed by atoms with Crippen molar-refractivity contribution in [2.75, 3.05) is 6.61 Å². The summed E-state index contributed by atoms with van der Waals surface area (Å²) in [5.41, 5.74) is -0.275. The second-order valence-corrected chi connectivity index (χ2v) is 5.24. The van der Waals surface area contributed by atoms with E-state index < -0.39 is 16.7 Å². The smallest absolute Gasteiger partial charge is 0.357 e. The summed E-state index contributed by atoms with van der Waals surface area (Å²) >= 11 is 0. The van der Waals surface area contributed by atoms with E-state index in [9.17, 15) is 19.7 Å². The Kier molecular flexibility index (Phi) is 4.97. The minimum absolute atomic E-state index is 0.0711. The fourth-order valence-electron chi connectivity index (χ4n) is 2.28. The van der Waals surface area contributed by atoms with Gasteiger partial charge in [0.15, 0.2) is 11.5 Å². The van der Waals surface area contributed by atoms with Gasteiger partial charge in [0.1, 0.15) is 0 Å². The molecule has 0 unspecified atom stereocenters. The second-order valence-electron chi connectivity index (χ2n) is 5.24. The van der Waals surface area contributed by atoms with Crippen molar-refractivity contribution in [2.24, 2.45) is 0 Å². The normalized spacial score (nSPS) is 10.4. The van der Waals surface area contributed by atoms with Crippen LogP contribution in [0.2, 0.25) is 0 Å². The molecular weight excluding hydrogens is 354 g/mol. The summed E-state index contributed by atoms with van der Waals surface area (Å²) < 4.78 is 6.31. The Hall–Kier alpha value is -3.95. The zero-order chi connectivity index (χ0) is 19.4. The highest BCUT2D eigenvalue weighted by Gasteiger charge is 2.23. The third-order valence-corrected chi connectivity index (χ3v) is 3.54. The van der Waals surface area contributed by atoms with Crippen molar-refractivity contribution in [2.45, 2.75) is 6.92 Å². The number of rotatable bonds is 6. The Bertz CT molecular complexity index is 999. The summed E-state index contributed by atoms with van der Waals surface area (Å²) in [6.07, 6.45) is 4.31. The lowest BCUT2D eigenvalue weighted by atomic mass is 10.0. The number of ether oxygens (including phenoxy) is 1. The molecule has 0 radical (unpaired) electrons. The summed E-state index contributed by atoms with van der Waals surface area (Å²) in [7, 11) is 0. The lowest BCUT2D eigenvalue weighted by molar-refractivity contribution is -0.384. The van der Waals surface area contributed by atoms with Crippen LogP contribution < -0.4 is 0 Å². The molecule has 1 aromatic carbocycles. The van der Waals surface area contributed by atoms with Crippen molar-refractivity contribution in [1.82, 2.24) is 19.7 Å². The van der Waals surface area contributed by atoms with Crippen LogP contribution in [0.1, 0.15) is 33.3 Å². The maximum absolute atomic E-state index is 12.8. The molecule has 3 rings (SSSR count). The van der Waals surface area contributed by atoms with Crippen LogP contribution >= 0.6 is 0 Å². The molecule has 27 heavy (non-hydrogen) atoms. The van der Waals surface area contributed by atoms with E-state index >= 15 is 0 Å². The zero-order valence-corrected chi connectivity index (χ0v) is 14.1. The second kappa shape index (κ2) is 7.52. The van der Waals surface area contributed by atoms with Gasteiger partial charge in [0.2, 0.25) is 0 Å². The predicted molar refractivity (Wildman–Crippen MR) is 91.6 cm³/mol. The van der Waals surface area contributed by atoms with Gasteiger partial charge in [-0.25, -0.2) is 19.4 Å². The first kappa shape index (κ1) is 17.9. The summed E-state index contributed by atoms with van der Waals surface area (Å²) in [6, 6.07) is 6.67. The molecule has 136 valence electrons. The summed E-state index contributed by atoms with van der Waals surface area (Å²) in [5, 5.41) is 14.7. The van der Waals surface area contributed by atoms with Crippen molar-refractivity contribution in [3.8, 4) is 5.95 Å². The van der Waals surface area contributed by atoms with Crippen LogP contribution in [0.5, 0.6) is 0 Å². The Labute approximate surface area is 152 Å². The molecule has 0 saturated heterocycles. The van der Waals surface area contributed by atoms with Gasteiger partial charge >= 0.3 is 5.97 Å². The summed E-state index contributed by atoms with van der Waals surface area (Å²) in [6.45, 7) is 1.73. The molecule has 0 aliphatic carbocycles. The quantitative estimate of drug-likeness (QED) is 0.280. The number of nitrogens with zero attached hydrogens (tertiary/aromatic N) is 5. The number of ketones is 1. The van der Waals surface area contributed by atoms with E-state index in [2.05, 4.69) is 15.1 Å². The first-order chi connectivity index (χ1) is 13.0. The largest absolute Gasteiger partial charge is 0.461 e. The number of non-ortho nitro benzene ring substituents is 1. The van der Waals surface area contributed by atoms with Gasteiger partial charge in [-0.15, -0.1) is 0 Å². The standard InChI is InChI=1S/C17H13N5O5/c1-2-27-16(24)14-13(10-18-17(20-14)21-9-3-8-19-21)15(23)11-4-6-12(7-5-11)22(25)26/h3-10H,2H2,1H3. The van der Waals surface area contributed by atoms with Crippen LogP contribution in [-0.2, 0) is 4.74 Å². The van der Waals surface area contributed by atoms with Crippen molar-refractivity contribution in [3.05, 3.63) is 75.9 Å². The van der Waals surface area contributed by atoms with Crippen LogP contribution in [0.15, 0.2) is 48.9 Å². The molecule has 2 heterocycles. The van der Waals surface area contributed by atoms with E-state index in [0.717, 1.165) is 0 Å². The number of nitro groups is 1. The number of hydrogen-bond acceptors (Lipinski definition) is 8. The number of hydrogen-bond donors (Lipinski definition) is 0. The van der Waals surface area contributed by atoms with Gasteiger partial charge in [-0.3, -0.25) is 14.9 Å². The molecule has 10 heteroatoms. The van der Waals surface area contributed by atoms with Crippen LogP contribution in [0.4, 0.5) is 5.69 Å². The number of benzene rings is 1. The SMILES string of the molecule is CCOC(=O)c1nc(-n2cccn2)ncc1C(=O)c1ccc([N+](=O)[O-])cc1. The number of aromatic nitrogens is 4. The minimum atomic E-state index is -0.779. The molecule has 0 aliphatic heterocycles. The van der Waals surface area contributed by atoms with Crippen molar-refractivity contribution in [3.63, 3.8) is 0 Å².